The number of halogens is 1. The quantitative estimate of drug-likeness (QED) is 0.852. The van der Waals surface area contributed by atoms with E-state index < -0.39 is 0 Å². The molecule has 0 radical (unpaired) electrons. The molecule has 2 rings (SSSR count). The SMILES string of the molecule is COc1ccc(CNc2nc(Br)ccc2N)cc1. The number of anilines is 2. The number of methoxy groups -OCH3 is 1. The molecule has 1 aromatic carbocycles. The van der Waals surface area contributed by atoms with Gasteiger partial charge in [0, 0.05) is 6.54 Å². The van der Waals surface area contributed by atoms with E-state index in [4.69, 9.17) is 10.5 Å². The molecular weight excluding hydrogens is 294 g/mol. The molecule has 94 valence electrons. The summed E-state index contributed by atoms with van der Waals surface area (Å²) in [4.78, 5) is 4.28. The van der Waals surface area contributed by atoms with Crippen LogP contribution < -0.4 is 15.8 Å². The van der Waals surface area contributed by atoms with E-state index in [-0.39, 0.29) is 0 Å². The van der Waals surface area contributed by atoms with Gasteiger partial charge >= 0.3 is 0 Å². The van der Waals surface area contributed by atoms with Crippen molar-refractivity contribution >= 4 is 27.4 Å². The summed E-state index contributed by atoms with van der Waals surface area (Å²) in [5, 5.41) is 3.20. The Morgan fingerprint density at radius 3 is 2.61 bits per heavy atom. The zero-order valence-electron chi connectivity index (χ0n) is 9.98. The molecule has 0 fully saturated rings. The van der Waals surface area contributed by atoms with E-state index in [1.807, 2.05) is 36.4 Å². The minimum atomic E-state index is 0.631. The van der Waals surface area contributed by atoms with E-state index in [0.29, 0.717) is 18.1 Å². The van der Waals surface area contributed by atoms with Gasteiger partial charge in [-0.1, -0.05) is 12.1 Å². The first-order valence-electron chi connectivity index (χ1n) is 5.48. The Kier molecular flexibility index (Phi) is 4.04. The van der Waals surface area contributed by atoms with Gasteiger partial charge in [0.1, 0.15) is 10.4 Å². The van der Waals surface area contributed by atoms with Gasteiger partial charge < -0.3 is 15.8 Å². The first-order valence-corrected chi connectivity index (χ1v) is 6.27. The smallest absolute Gasteiger partial charge is 0.150 e. The van der Waals surface area contributed by atoms with Crippen LogP contribution in [0.3, 0.4) is 0 Å². The van der Waals surface area contributed by atoms with Crippen molar-refractivity contribution in [1.29, 1.82) is 0 Å². The standard InChI is InChI=1S/C13H14BrN3O/c1-18-10-4-2-9(3-5-10)8-16-13-11(15)6-7-12(14)17-13/h2-7H,8,15H2,1H3,(H,16,17). The Morgan fingerprint density at radius 1 is 1.22 bits per heavy atom. The zero-order valence-corrected chi connectivity index (χ0v) is 11.6. The van der Waals surface area contributed by atoms with Gasteiger partial charge in [-0.15, -0.1) is 0 Å². The predicted octanol–water partition coefficient (Wildman–Crippen LogP) is 3.05. The number of ether oxygens (including phenoxy) is 1. The van der Waals surface area contributed by atoms with Gasteiger partial charge in [0.2, 0.25) is 0 Å². The summed E-state index contributed by atoms with van der Waals surface area (Å²) in [6.07, 6.45) is 0. The normalized spacial score (nSPS) is 10.1. The number of nitrogens with one attached hydrogen (secondary N) is 1. The van der Waals surface area contributed by atoms with Crippen molar-refractivity contribution in [2.24, 2.45) is 0 Å². The number of pyridine rings is 1. The maximum Gasteiger partial charge on any atom is 0.150 e. The van der Waals surface area contributed by atoms with Crippen LogP contribution in [0.4, 0.5) is 11.5 Å². The summed E-state index contributed by atoms with van der Waals surface area (Å²) in [6, 6.07) is 11.5. The minimum absolute atomic E-state index is 0.631. The van der Waals surface area contributed by atoms with Crippen molar-refractivity contribution in [1.82, 2.24) is 4.98 Å². The Hall–Kier alpha value is -1.75. The van der Waals surface area contributed by atoms with Crippen molar-refractivity contribution in [2.75, 3.05) is 18.2 Å². The Morgan fingerprint density at radius 2 is 1.94 bits per heavy atom. The topological polar surface area (TPSA) is 60.2 Å². The van der Waals surface area contributed by atoms with Crippen molar-refractivity contribution in [3.05, 3.63) is 46.6 Å². The number of hydrogen-bond donors (Lipinski definition) is 2. The lowest BCUT2D eigenvalue weighted by Crippen LogP contribution is -2.04. The maximum absolute atomic E-state index is 5.83. The van der Waals surface area contributed by atoms with Gasteiger partial charge in [-0.05, 0) is 45.8 Å². The van der Waals surface area contributed by atoms with Gasteiger partial charge in [0.15, 0.2) is 5.82 Å². The second kappa shape index (κ2) is 5.73. The molecule has 5 heteroatoms. The highest BCUT2D eigenvalue weighted by Gasteiger charge is 2.01. The van der Waals surface area contributed by atoms with Gasteiger partial charge in [0.25, 0.3) is 0 Å². The number of rotatable bonds is 4. The molecule has 0 bridgehead atoms. The molecule has 1 heterocycles. The van der Waals surface area contributed by atoms with Gasteiger partial charge in [-0.3, -0.25) is 0 Å². The fourth-order valence-electron chi connectivity index (χ4n) is 1.52. The summed E-state index contributed by atoms with van der Waals surface area (Å²) >= 11 is 3.32. The first-order chi connectivity index (χ1) is 8.69. The molecule has 1 aromatic heterocycles. The second-order valence-corrected chi connectivity index (χ2v) is 4.59. The van der Waals surface area contributed by atoms with Crippen molar-refractivity contribution < 1.29 is 4.74 Å². The van der Waals surface area contributed by atoms with Crippen molar-refractivity contribution in [3.63, 3.8) is 0 Å². The number of hydrogen-bond acceptors (Lipinski definition) is 4. The average Bonchev–Trinajstić information content (AvgIpc) is 2.40. The van der Waals surface area contributed by atoms with Crippen LogP contribution in [-0.2, 0) is 6.54 Å². The number of benzene rings is 1. The van der Waals surface area contributed by atoms with Crippen LogP contribution in [-0.4, -0.2) is 12.1 Å². The number of nitrogens with two attached hydrogens (primary N) is 1. The lowest BCUT2D eigenvalue weighted by Gasteiger charge is -2.09. The van der Waals surface area contributed by atoms with Crippen LogP contribution in [0.5, 0.6) is 5.75 Å². The third-order valence-corrected chi connectivity index (χ3v) is 2.95. The van der Waals surface area contributed by atoms with Crippen molar-refractivity contribution in [3.8, 4) is 5.75 Å². The molecule has 4 nitrogen and oxygen atoms in total. The molecule has 0 amide bonds. The maximum atomic E-state index is 5.83. The van der Waals surface area contributed by atoms with E-state index >= 15 is 0 Å². The average molecular weight is 308 g/mol. The molecule has 0 aliphatic rings. The van der Waals surface area contributed by atoms with E-state index in [0.717, 1.165) is 15.9 Å². The van der Waals surface area contributed by atoms with Crippen LogP contribution in [0, 0.1) is 0 Å². The largest absolute Gasteiger partial charge is 0.497 e. The minimum Gasteiger partial charge on any atom is -0.497 e. The highest BCUT2D eigenvalue weighted by atomic mass is 79.9. The van der Waals surface area contributed by atoms with E-state index in [1.165, 1.54) is 0 Å². The molecule has 0 aliphatic carbocycles. The monoisotopic (exact) mass is 307 g/mol. The molecule has 0 aliphatic heterocycles. The fraction of sp³-hybridized carbons (Fsp3) is 0.154. The van der Waals surface area contributed by atoms with Crippen LogP contribution >= 0.6 is 15.9 Å². The summed E-state index contributed by atoms with van der Waals surface area (Å²) in [6.45, 7) is 0.664. The highest BCUT2D eigenvalue weighted by Crippen LogP contribution is 2.20. The van der Waals surface area contributed by atoms with Crippen LogP contribution in [0.1, 0.15) is 5.56 Å². The fourth-order valence-corrected chi connectivity index (χ4v) is 1.83. The first kappa shape index (κ1) is 12.7. The third kappa shape index (κ3) is 3.13. The Labute approximate surface area is 114 Å². The number of nitrogens with zero attached hydrogens (tertiary/aromatic N) is 1. The lowest BCUT2D eigenvalue weighted by molar-refractivity contribution is 0.414. The molecule has 3 N–H and O–H groups in total. The molecule has 2 aromatic rings. The Balaban J connectivity index is 2.04. The molecule has 0 unspecified atom stereocenters. The van der Waals surface area contributed by atoms with Gasteiger partial charge in [0.05, 0.1) is 12.8 Å². The van der Waals surface area contributed by atoms with Crippen LogP contribution in [0.2, 0.25) is 0 Å². The third-order valence-electron chi connectivity index (χ3n) is 2.51. The van der Waals surface area contributed by atoms with Gasteiger partial charge in [-0.2, -0.15) is 0 Å². The van der Waals surface area contributed by atoms with Crippen LogP contribution in [0.15, 0.2) is 41.0 Å². The molecule has 0 saturated carbocycles. The summed E-state index contributed by atoms with van der Waals surface area (Å²) in [5.41, 5.74) is 7.60. The number of nitrogen functional groups attached to an aromatic ring is 1. The number of aromatic nitrogens is 1. The summed E-state index contributed by atoms with van der Waals surface area (Å²) in [5.74, 6) is 1.53. The van der Waals surface area contributed by atoms with Crippen LogP contribution in [0.25, 0.3) is 0 Å². The van der Waals surface area contributed by atoms with Gasteiger partial charge in [-0.25, -0.2) is 4.98 Å². The zero-order chi connectivity index (χ0) is 13.0. The molecular formula is C13H14BrN3O. The van der Waals surface area contributed by atoms with E-state index in [1.54, 1.807) is 7.11 Å². The Bertz CT molecular complexity index is 528. The summed E-state index contributed by atoms with van der Waals surface area (Å²) in [7, 11) is 1.65. The molecule has 18 heavy (non-hydrogen) atoms. The molecule has 0 atom stereocenters. The molecule has 0 spiro atoms. The van der Waals surface area contributed by atoms with Crippen molar-refractivity contribution in [2.45, 2.75) is 6.54 Å². The second-order valence-electron chi connectivity index (χ2n) is 3.77. The highest BCUT2D eigenvalue weighted by molar-refractivity contribution is 9.10. The van der Waals surface area contributed by atoms with E-state index in [9.17, 15) is 0 Å². The summed E-state index contributed by atoms with van der Waals surface area (Å²) < 4.78 is 5.87. The van der Waals surface area contributed by atoms with E-state index in [2.05, 4.69) is 26.2 Å². The lowest BCUT2D eigenvalue weighted by atomic mass is 10.2. The molecule has 0 saturated heterocycles. The predicted molar refractivity (Wildman–Crippen MR) is 76.7 cm³/mol.